The van der Waals surface area contributed by atoms with E-state index in [2.05, 4.69) is 32.0 Å². The third-order valence-electron chi connectivity index (χ3n) is 5.79. The number of hydrogen-bond acceptors (Lipinski definition) is 8. The highest BCUT2D eigenvalue weighted by molar-refractivity contribution is 7.98. The number of piperazine rings is 1. The van der Waals surface area contributed by atoms with E-state index in [-0.39, 0.29) is 5.91 Å². The molecule has 0 saturated carbocycles. The van der Waals surface area contributed by atoms with Crippen molar-refractivity contribution >= 4 is 29.0 Å². The second kappa shape index (κ2) is 10.5. The van der Waals surface area contributed by atoms with Gasteiger partial charge in [0.15, 0.2) is 11.0 Å². The van der Waals surface area contributed by atoms with Crippen molar-refractivity contribution in [1.29, 1.82) is 0 Å². The third kappa shape index (κ3) is 4.89. The molecule has 1 fully saturated rings. The Morgan fingerprint density at radius 1 is 1.03 bits per heavy atom. The number of hydrogen-bond donors (Lipinski definition) is 0. The average molecular weight is 492 g/mol. The van der Waals surface area contributed by atoms with Crippen LogP contribution in [0, 0.1) is 0 Å². The summed E-state index contributed by atoms with van der Waals surface area (Å²) in [7, 11) is 0. The maximum absolute atomic E-state index is 12.9. The highest BCUT2D eigenvalue weighted by Crippen LogP contribution is 2.30. The monoisotopic (exact) mass is 491 g/mol. The number of rotatable bonds is 7. The van der Waals surface area contributed by atoms with E-state index < -0.39 is 0 Å². The zero-order valence-corrected chi connectivity index (χ0v) is 20.5. The fraction of sp³-hybridized carbons (Fsp3) is 0.292. The molecule has 0 radical (unpaired) electrons. The largest absolute Gasteiger partial charge is 0.335 e. The Hall–Kier alpha value is -3.08. The first-order chi connectivity index (χ1) is 16.7. The molecule has 0 aliphatic carbocycles. The van der Waals surface area contributed by atoms with E-state index in [1.165, 1.54) is 11.3 Å². The van der Waals surface area contributed by atoms with Crippen LogP contribution >= 0.6 is 23.1 Å². The Bertz CT molecular complexity index is 1230. The molecular weight excluding hydrogens is 466 g/mol. The van der Waals surface area contributed by atoms with Gasteiger partial charge in [-0.3, -0.25) is 14.3 Å². The normalized spacial score (nSPS) is 14.4. The molecule has 174 valence electrons. The van der Waals surface area contributed by atoms with Gasteiger partial charge in [0.05, 0.1) is 5.75 Å². The molecular formula is C24H25N7OS2. The molecule has 0 bridgehead atoms. The van der Waals surface area contributed by atoms with Crippen LogP contribution in [0.15, 0.2) is 65.4 Å². The second-order valence-corrected chi connectivity index (χ2v) is 9.74. The smallest absolute Gasteiger partial charge is 0.273 e. The molecule has 4 aromatic rings. The first-order valence-corrected chi connectivity index (χ1v) is 13.1. The number of carbonyl (C=O) groups excluding carboxylic acids is 1. The van der Waals surface area contributed by atoms with Crippen LogP contribution in [-0.4, -0.2) is 73.2 Å². The number of thiazole rings is 1. The van der Waals surface area contributed by atoms with E-state index in [0.717, 1.165) is 60.0 Å². The lowest BCUT2D eigenvalue weighted by Crippen LogP contribution is -2.48. The molecule has 0 atom stereocenters. The zero-order valence-electron chi connectivity index (χ0n) is 18.9. The molecule has 5 rings (SSSR count). The van der Waals surface area contributed by atoms with Gasteiger partial charge in [-0.2, -0.15) is 0 Å². The molecule has 0 spiro atoms. The van der Waals surface area contributed by atoms with Crippen LogP contribution in [0.4, 0.5) is 0 Å². The van der Waals surface area contributed by atoms with Crippen LogP contribution in [0.5, 0.6) is 0 Å². The number of thioether (sulfide) groups is 1. The van der Waals surface area contributed by atoms with Gasteiger partial charge in [-0.1, -0.05) is 36.9 Å². The van der Waals surface area contributed by atoms with E-state index in [1.807, 2.05) is 57.3 Å². The Kier molecular flexibility index (Phi) is 6.98. The van der Waals surface area contributed by atoms with Gasteiger partial charge < -0.3 is 9.80 Å². The molecule has 34 heavy (non-hydrogen) atoms. The summed E-state index contributed by atoms with van der Waals surface area (Å²) in [5.74, 6) is 1.40. The van der Waals surface area contributed by atoms with E-state index >= 15 is 0 Å². The quantitative estimate of drug-likeness (QED) is 0.363. The van der Waals surface area contributed by atoms with Gasteiger partial charge >= 0.3 is 0 Å². The van der Waals surface area contributed by atoms with Crippen LogP contribution in [0.3, 0.4) is 0 Å². The topological polar surface area (TPSA) is 80.0 Å². The fourth-order valence-electron chi connectivity index (χ4n) is 3.89. The first kappa shape index (κ1) is 22.7. The number of aromatic nitrogens is 5. The lowest BCUT2D eigenvalue weighted by Gasteiger charge is -2.33. The molecule has 1 aliphatic rings. The summed E-state index contributed by atoms with van der Waals surface area (Å²) in [4.78, 5) is 25.9. The van der Waals surface area contributed by atoms with Crippen LogP contribution in [-0.2, 0) is 5.75 Å². The van der Waals surface area contributed by atoms with Crippen molar-refractivity contribution in [1.82, 2.24) is 34.5 Å². The maximum atomic E-state index is 12.9. The lowest BCUT2D eigenvalue weighted by molar-refractivity contribution is 0.0638. The van der Waals surface area contributed by atoms with Gasteiger partial charge in [0.25, 0.3) is 5.91 Å². The van der Waals surface area contributed by atoms with Crippen molar-refractivity contribution < 1.29 is 4.79 Å². The van der Waals surface area contributed by atoms with Crippen molar-refractivity contribution in [2.75, 3.05) is 32.7 Å². The van der Waals surface area contributed by atoms with Gasteiger partial charge in [-0.05, 0) is 30.8 Å². The van der Waals surface area contributed by atoms with Crippen LogP contribution in [0.25, 0.3) is 17.1 Å². The molecule has 10 heteroatoms. The van der Waals surface area contributed by atoms with Gasteiger partial charge in [-0.25, -0.2) is 4.98 Å². The minimum Gasteiger partial charge on any atom is -0.335 e. The fourth-order valence-corrected chi connectivity index (χ4v) is 5.63. The Morgan fingerprint density at radius 2 is 1.79 bits per heavy atom. The highest BCUT2D eigenvalue weighted by Gasteiger charge is 2.23. The summed E-state index contributed by atoms with van der Waals surface area (Å²) in [5.41, 5.74) is 2.47. The van der Waals surface area contributed by atoms with E-state index in [4.69, 9.17) is 0 Å². The molecule has 8 nitrogen and oxygen atoms in total. The summed E-state index contributed by atoms with van der Waals surface area (Å²) < 4.78 is 2.05. The van der Waals surface area contributed by atoms with Crippen molar-refractivity contribution in [2.45, 2.75) is 17.8 Å². The minimum absolute atomic E-state index is 0.0238. The number of para-hydroxylation sites is 1. The maximum Gasteiger partial charge on any atom is 0.273 e. The minimum atomic E-state index is 0.0238. The van der Waals surface area contributed by atoms with Crippen molar-refractivity contribution in [3.05, 3.63) is 70.9 Å². The number of benzene rings is 1. The second-order valence-electron chi connectivity index (χ2n) is 7.85. The Balaban J connectivity index is 1.32. The van der Waals surface area contributed by atoms with Gasteiger partial charge in [-0.15, -0.1) is 21.5 Å². The van der Waals surface area contributed by atoms with Crippen LogP contribution in [0.1, 0.15) is 22.4 Å². The lowest BCUT2D eigenvalue weighted by atomic mass is 10.2. The van der Waals surface area contributed by atoms with Crippen molar-refractivity contribution in [3.8, 4) is 17.1 Å². The summed E-state index contributed by atoms with van der Waals surface area (Å²) in [5, 5.41) is 12.5. The van der Waals surface area contributed by atoms with Crippen LogP contribution < -0.4 is 0 Å². The Morgan fingerprint density at radius 3 is 2.53 bits per heavy atom. The molecule has 1 amide bonds. The van der Waals surface area contributed by atoms with E-state index in [9.17, 15) is 4.79 Å². The molecule has 1 aromatic carbocycles. The zero-order chi connectivity index (χ0) is 23.3. The van der Waals surface area contributed by atoms with Crippen molar-refractivity contribution in [3.63, 3.8) is 0 Å². The predicted octanol–water partition coefficient (Wildman–Crippen LogP) is 3.86. The van der Waals surface area contributed by atoms with E-state index in [0.29, 0.717) is 11.4 Å². The third-order valence-corrected chi connectivity index (χ3v) is 7.76. The van der Waals surface area contributed by atoms with Gasteiger partial charge in [0, 0.05) is 55.2 Å². The summed E-state index contributed by atoms with van der Waals surface area (Å²) in [6.07, 6.45) is 3.50. The van der Waals surface area contributed by atoms with Gasteiger partial charge in [0.1, 0.15) is 10.7 Å². The summed E-state index contributed by atoms with van der Waals surface area (Å²) in [6, 6.07) is 13.9. The standard InChI is InChI=1S/C24H25N7OS2/c1-2-29-12-14-30(15-13-29)23(32)20-16-33-21(26-20)17-34-24-28-27-22(18-8-10-25-11-9-18)31(24)19-6-4-3-5-7-19/h3-11,16H,2,12-15,17H2,1H3. The number of likely N-dealkylation sites (N-methyl/N-ethyl adjacent to an activating group) is 1. The number of amides is 1. The summed E-state index contributed by atoms with van der Waals surface area (Å²) >= 11 is 3.08. The van der Waals surface area contributed by atoms with Crippen LogP contribution in [0.2, 0.25) is 0 Å². The molecule has 0 N–H and O–H groups in total. The van der Waals surface area contributed by atoms with Crippen molar-refractivity contribution in [2.24, 2.45) is 0 Å². The number of carbonyl (C=O) groups is 1. The molecule has 1 saturated heterocycles. The number of pyridine rings is 1. The molecule has 1 aliphatic heterocycles. The van der Waals surface area contributed by atoms with E-state index in [1.54, 1.807) is 24.2 Å². The number of nitrogens with zero attached hydrogens (tertiary/aromatic N) is 7. The SMILES string of the molecule is CCN1CCN(C(=O)c2csc(CSc3nnc(-c4ccncc4)n3-c3ccccc3)n2)CC1. The summed E-state index contributed by atoms with van der Waals surface area (Å²) in [6.45, 7) is 6.53. The predicted molar refractivity (Wildman–Crippen MR) is 134 cm³/mol. The molecule has 4 heterocycles. The molecule has 0 unspecified atom stereocenters. The Labute approximate surface area is 206 Å². The average Bonchev–Trinajstić information content (AvgIpc) is 3.55. The molecule has 3 aromatic heterocycles. The van der Waals surface area contributed by atoms with Gasteiger partial charge in [0.2, 0.25) is 0 Å². The first-order valence-electron chi connectivity index (χ1n) is 11.2. The highest BCUT2D eigenvalue weighted by atomic mass is 32.2.